The van der Waals surface area contributed by atoms with Crippen molar-refractivity contribution in [1.29, 1.82) is 0 Å². The lowest BCUT2D eigenvalue weighted by molar-refractivity contribution is 0.291. The summed E-state index contributed by atoms with van der Waals surface area (Å²) in [5.74, 6) is 0.285. The van der Waals surface area contributed by atoms with Gasteiger partial charge in [0.15, 0.2) is 0 Å². The lowest BCUT2D eigenvalue weighted by atomic mass is 10.2. The van der Waals surface area contributed by atoms with Crippen LogP contribution < -0.4 is 10.1 Å². The number of aliphatic hydroxyl groups is 1. The molecule has 0 aliphatic carbocycles. The third kappa shape index (κ3) is 4.70. The molecule has 2 N–H and O–H groups in total. The minimum absolute atomic E-state index is 0.0909. The van der Waals surface area contributed by atoms with Gasteiger partial charge in [-0.05, 0) is 29.8 Å². The Morgan fingerprint density at radius 2 is 1.90 bits per heavy atom. The Hall–Kier alpha value is -1.62. The fraction of sp³-hybridized carbons (Fsp3) is 0.250. The predicted molar refractivity (Wildman–Crippen MR) is 81.0 cm³/mol. The van der Waals surface area contributed by atoms with Gasteiger partial charge in [-0.1, -0.05) is 29.8 Å². The minimum Gasteiger partial charge on any atom is -0.489 e. The van der Waals surface area contributed by atoms with Crippen molar-refractivity contribution in [2.45, 2.75) is 13.2 Å². The van der Waals surface area contributed by atoms with Crippen molar-refractivity contribution < 1.29 is 14.2 Å². The smallest absolute Gasteiger partial charge is 0.131 e. The summed E-state index contributed by atoms with van der Waals surface area (Å²) in [7, 11) is 0. The third-order valence-corrected chi connectivity index (χ3v) is 3.34. The first kappa shape index (κ1) is 15.8. The van der Waals surface area contributed by atoms with Crippen LogP contribution in [0.2, 0.25) is 5.02 Å². The number of aliphatic hydroxyl groups excluding tert-OH is 1. The van der Waals surface area contributed by atoms with Gasteiger partial charge in [0.2, 0.25) is 0 Å². The predicted octanol–water partition coefficient (Wildman–Crippen LogP) is 3.14. The Morgan fingerprint density at radius 3 is 2.57 bits per heavy atom. The van der Waals surface area contributed by atoms with Crippen molar-refractivity contribution in [3.05, 3.63) is 64.4 Å². The largest absolute Gasteiger partial charge is 0.489 e. The van der Waals surface area contributed by atoms with Crippen LogP contribution in [-0.2, 0) is 13.2 Å². The van der Waals surface area contributed by atoms with Crippen molar-refractivity contribution in [1.82, 2.24) is 5.32 Å². The lowest BCUT2D eigenvalue weighted by Crippen LogP contribution is -2.17. The van der Waals surface area contributed by atoms with Crippen molar-refractivity contribution >= 4 is 11.6 Å². The molecule has 0 radical (unpaired) electrons. The van der Waals surface area contributed by atoms with Gasteiger partial charge in [-0.2, -0.15) is 0 Å². The molecule has 0 aliphatic heterocycles. The quantitative estimate of drug-likeness (QED) is 0.772. The molecule has 3 nitrogen and oxygen atoms in total. The van der Waals surface area contributed by atoms with Crippen molar-refractivity contribution in [3.8, 4) is 5.75 Å². The van der Waals surface area contributed by atoms with Crippen LogP contribution in [0.15, 0.2) is 42.5 Å². The molecule has 0 aromatic heterocycles. The number of nitrogens with one attached hydrogen (secondary N) is 1. The Balaban J connectivity index is 1.92. The van der Waals surface area contributed by atoms with Crippen LogP contribution in [-0.4, -0.2) is 18.3 Å². The molecule has 0 amide bonds. The first-order valence-corrected chi connectivity index (χ1v) is 7.04. The molecule has 0 saturated carbocycles. The first-order chi connectivity index (χ1) is 10.2. The van der Waals surface area contributed by atoms with Gasteiger partial charge < -0.3 is 15.2 Å². The number of halogens is 2. The molecule has 0 unspecified atom stereocenters. The van der Waals surface area contributed by atoms with Gasteiger partial charge in [-0.15, -0.1) is 0 Å². The van der Waals surface area contributed by atoms with Crippen LogP contribution in [0.1, 0.15) is 11.1 Å². The van der Waals surface area contributed by atoms with Gasteiger partial charge in [0.25, 0.3) is 0 Å². The van der Waals surface area contributed by atoms with E-state index in [1.54, 1.807) is 12.1 Å². The fourth-order valence-electron chi connectivity index (χ4n) is 1.84. The fourth-order valence-corrected chi connectivity index (χ4v) is 2.06. The SMILES string of the molecule is OCCNCc1ccc(OCc2c(F)cccc2Cl)cc1. The average molecular weight is 310 g/mol. The number of hydrogen-bond acceptors (Lipinski definition) is 3. The normalized spacial score (nSPS) is 10.6. The number of benzene rings is 2. The topological polar surface area (TPSA) is 41.5 Å². The van der Waals surface area contributed by atoms with Crippen LogP contribution in [0, 0.1) is 5.82 Å². The van der Waals surface area contributed by atoms with Crippen LogP contribution >= 0.6 is 11.6 Å². The summed E-state index contributed by atoms with van der Waals surface area (Å²) in [5, 5.41) is 12.1. The second-order valence-corrected chi connectivity index (χ2v) is 4.94. The van der Waals surface area contributed by atoms with E-state index in [1.165, 1.54) is 6.07 Å². The molecule has 112 valence electrons. The maximum Gasteiger partial charge on any atom is 0.131 e. The summed E-state index contributed by atoms with van der Waals surface area (Å²) in [4.78, 5) is 0. The molecule has 2 aromatic rings. The standard InChI is InChI=1S/C16H17ClFNO2/c17-15-2-1-3-16(18)14(15)11-21-13-6-4-12(5-7-13)10-19-8-9-20/h1-7,19-20H,8-11H2. The molecule has 5 heteroatoms. The molecule has 2 aromatic carbocycles. The van der Waals surface area contributed by atoms with Crippen LogP contribution in [0.4, 0.5) is 4.39 Å². The Labute approximate surface area is 128 Å². The molecule has 0 bridgehead atoms. The molecule has 0 atom stereocenters. The second kappa shape index (κ2) is 7.98. The summed E-state index contributed by atoms with van der Waals surface area (Å²) in [6, 6.07) is 12.1. The van der Waals surface area contributed by atoms with Crippen molar-refractivity contribution in [3.63, 3.8) is 0 Å². The van der Waals surface area contributed by atoms with Crippen LogP contribution in [0.3, 0.4) is 0 Å². The highest BCUT2D eigenvalue weighted by atomic mass is 35.5. The monoisotopic (exact) mass is 309 g/mol. The third-order valence-electron chi connectivity index (χ3n) is 2.99. The van der Waals surface area contributed by atoms with E-state index in [0.29, 0.717) is 29.4 Å². The van der Waals surface area contributed by atoms with Crippen LogP contribution in [0.25, 0.3) is 0 Å². The summed E-state index contributed by atoms with van der Waals surface area (Å²) in [6.07, 6.45) is 0. The molecular weight excluding hydrogens is 293 g/mol. The van der Waals surface area contributed by atoms with Crippen molar-refractivity contribution in [2.75, 3.05) is 13.2 Å². The molecule has 0 aliphatic rings. The van der Waals surface area contributed by atoms with Gasteiger partial charge in [-0.3, -0.25) is 0 Å². The number of rotatable bonds is 7. The van der Waals surface area contributed by atoms with E-state index >= 15 is 0 Å². The highest BCUT2D eigenvalue weighted by Gasteiger charge is 2.07. The van der Waals surface area contributed by atoms with E-state index in [2.05, 4.69) is 5.32 Å². The van der Waals surface area contributed by atoms with Gasteiger partial charge in [-0.25, -0.2) is 4.39 Å². The maximum atomic E-state index is 13.6. The van der Waals surface area contributed by atoms with E-state index < -0.39 is 0 Å². The van der Waals surface area contributed by atoms with Gasteiger partial charge in [0.05, 0.1) is 11.6 Å². The van der Waals surface area contributed by atoms with Gasteiger partial charge in [0, 0.05) is 18.7 Å². The molecule has 2 rings (SSSR count). The molecular formula is C16H17ClFNO2. The summed E-state index contributed by atoms with van der Waals surface area (Å²) in [5.41, 5.74) is 1.44. The first-order valence-electron chi connectivity index (χ1n) is 6.67. The molecule has 21 heavy (non-hydrogen) atoms. The summed E-state index contributed by atoms with van der Waals surface area (Å²) < 4.78 is 19.1. The van der Waals surface area contributed by atoms with E-state index in [9.17, 15) is 4.39 Å². The van der Waals surface area contributed by atoms with Crippen LogP contribution in [0.5, 0.6) is 5.75 Å². The maximum absolute atomic E-state index is 13.6. The Bertz CT molecular complexity index is 555. The molecule has 0 fully saturated rings. The van der Waals surface area contributed by atoms with E-state index in [-0.39, 0.29) is 19.0 Å². The number of hydrogen-bond donors (Lipinski definition) is 2. The minimum atomic E-state index is -0.368. The highest BCUT2D eigenvalue weighted by molar-refractivity contribution is 6.31. The molecule has 0 heterocycles. The van der Waals surface area contributed by atoms with E-state index in [0.717, 1.165) is 5.56 Å². The van der Waals surface area contributed by atoms with Crippen molar-refractivity contribution in [2.24, 2.45) is 0 Å². The Morgan fingerprint density at radius 1 is 1.14 bits per heavy atom. The zero-order chi connectivity index (χ0) is 15.1. The highest BCUT2D eigenvalue weighted by Crippen LogP contribution is 2.21. The van der Waals surface area contributed by atoms with E-state index in [4.69, 9.17) is 21.4 Å². The number of ether oxygens (including phenoxy) is 1. The Kier molecular flexibility index (Phi) is 5.99. The second-order valence-electron chi connectivity index (χ2n) is 4.53. The van der Waals surface area contributed by atoms with E-state index in [1.807, 2.05) is 24.3 Å². The summed E-state index contributed by atoms with van der Waals surface area (Å²) >= 11 is 5.94. The zero-order valence-corrected chi connectivity index (χ0v) is 12.2. The summed E-state index contributed by atoms with van der Waals surface area (Å²) in [6.45, 7) is 1.45. The average Bonchev–Trinajstić information content (AvgIpc) is 2.48. The molecule has 0 saturated heterocycles. The molecule has 0 spiro atoms. The lowest BCUT2D eigenvalue weighted by Gasteiger charge is -2.09. The zero-order valence-electron chi connectivity index (χ0n) is 11.5. The van der Waals surface area contributed by atoms with Gasteiger partial charge in [0.1, 0.15) is 18.2 Å². The van der Waals surface area contributed by atoms with Gasteiger partial charge >= 0.3 is 0 Å².